The molecular weight excluding hydrogens is 232 g/mol. The Hall–Kier alpha value is -0.860. The molecule has 2 atom stereocenters. The number of hydrogen-bond donors (Lipinski definition) is 1. The van der Waals surface area contributed by atoms with Crippen molar-refractivity contribution in [3.63, 3.8) is 0 Å². The van der Waals surface area contributed by atoms with Crippen molar-refractivity contribution in [1.29, 1.82) is 0 Å². The summed E-state index contributed by atoms with van der Waals surface area (Å²) in [6.45, 7) is 10.3. The van der Waals surface area contributed by atoms with Gasteiger partial charge in [0.1, 0.15) is 0 Å². The highest BCUT2D eigenvalue weighted by atomic mass is 15.2. The molecule has 2 unspecified atom stereocenters. The number of nitrogens with zero attached hydrogens (tertiary/aromatic N) is 1. The molecule has 2 nitrogen and oxygen atoms in total. The Bertz CT molecular complexity index is 389. The Morgan fingerprint density at radius 1 is 1.37 bits per heavy atom. The van der Waals surface area contributed by atoms with Crippen molar-refractivity contribution in [2.75, 3.05) is 19.6 Å². The van der Waals surface area contributed by atoms with Crippen molar-refractivity contribution in [1.82, 2.24) is 10.2 Å². The molecule has 1 N–H and O–H groups in total. The van der Waals surface area contributed by atoms with E-state index in [1.54, 1.807) is 0 Å². The van der Waals surface area contributed by atoms with E-state index in [1.165, 1.54) is 43.5 Å². The molecule has 19 heavy (non-hydrogen) atoms. The van der Waals surface area contributed by atoms with Crippen molar-refractivity contribution in [3.05, 3.63) is 35.4 Å². The Balaban J connectivity index is 1.80. The zero-order valence-electron chi connectivity index (χ0n) is 12.7. The van der Waals surface area contributed by atoms with E-state index in [9.17, 15) is 0 Å². The number of piperidine rings is 1. The van der Waals surface area contributed by atoms with Crippen LogP contribution < -0.4 is 5.32 Å². The van der Waals surface area contributed by atoms with Crippen LogP contribution in [-0.4, -0.2) is 36.6 Å². The third-order valence-corrected chi connectivity index (χ3v) is 4.28. The third kappa shape index (κ3) is 4.32. The van der Waals surface area contributed by atoms with Gasteiger partial charge in [0.25, 0.3) is 0 Å². The average molecular weight is 260 g/mol. The molecule has 0 amide bonds. The lowest BCUT2D eigenvalue weighted by Crippen LogP contribution is -2.47. The summed E-state index contributed by atoms with van der Waals surface area (Å²) in [4.78, 5) is 2.65. The topological polar surface area (TPSA) is 15.3 Å². The molecule has 1 saturated heterocycles. The summed E-state index contributed by atoms with van der Waals surface area (Å²) in [5, 5.41) is 3.59. The zero-order chi connectivity index (χ0) is 13.7. The van der Waals surface area contributed by atoms with E-state index in [1.807, 2.05) is 0 Å². The number of rotatable bonds is 5. The summed E-state index contributed by atoms with van der Waals surface area (Å²) in [5.41, 5.74) is 2.84. The molecule has 0 aliphatic carbocycles. The zero-order valence-corrected chi connectivity index (χ0v) is 12.7. The number of hydrogen-bond acceptors (Lipinski definition) is 2. The predicted octanol–water partition coefficient (Wildman–Crippen LogP) is 3.00. The maximum Gasteiger partial charge on any atom is 0.00939 e. The number of aryl methyl sites for hydroxylation is 1. The van der Waals surface area contributed by atoms with Gasteiger partial charge in [-0.3, -0.25) is 0 Å². The molecule has 1 aromatic rings. The smallest absolute Gasteiger partial charge is 0.00939 e. The molecule has 0 radical (unpaired) electrons. The van der Waals surface area contributed by atoms with E-state index < -0.39 is 0 Å². The fraction of sp³-hybridized carbons (Fsp3) is 0.647. The lowest BCUT2D eigenvalue weighted by atomic mass is 9.97. The minimum atomic E-state index is 0.711. The van der Waals surface area contributed by atoms with Crippen LogP contribution in [0.4, 0.5) is 0 Å². The van der Waals surface area contributed by atoms with E-state index in [-0.39, 0.29) is 0 Å². The van der Waals surface area contributed by atoms with Crippen LogP contribution >= 0.6 is 0 Å². The van der Waals surface area contributed by atoms with Gasteiger partial charge >= 0.3 is 0 Å². The van der Waals surface area contributed by atoms with Crippen LogP contribution in [0.25, 0.3) is 0 Å². The minimum absolute atomic E-state index is 0.711. The van der Waals surface area contributed by atoms with E-state index in [0.29, 0.717) is 6.04 Å². The summed E-state index contributed by atoms with van der Waals surface area (Å²) in [7, 11) is 0. The molecule has 0 bridgehead atoms. The SMILES string of the molecule is CCNC1CCN(CCc2cccc(C)c2)C(C)C1. The van der Waals surface area contributed by atoms with Crippen molar-refractivity contribution in [2.24, 2.45) is 0 Å². The van der Waals surface area contributed by atoms with Crippen molar-refractivity contribution in [2.45, 2.75) is 52.1 Å². The first-order valence-electron chi connectivity index (χ1n) is 7.72. The standard InChI is InChI=1S/C17H28N2/c1-4-18-17-9-11-19(15(3)13-17)10-8-16-7-5-6-14(2)12-16/h5-7,12,15,17-18H,4,8-11,13H2,1-3H3. The Labute approximate surface area is 118 Å². The highest BCUT2D eigenvalue weighted by Gasteiger charge is 2.24. The second-order valence-electron chi connectivity index (χ2n) is 5.90. The van der Waals surface area contributed by atoms with Gasteiger partial charge in [-0.2, -0.15) is 0 Å². The molecule has 1 aliphatic rings. The molecule has 0 aromatic heterocycles. The summed E-state index contributed by atoms with van der Waals surface area (Å²) in [6.07, 6.45) is 3.77. The summed E-state index contributed by atoms with van der Waals surface area (Å²) in [6, 6.07) is 10.4. The first kappa shape index (κ1) is 14.5. The van der Waals surface area contributed by atoms with Gasteiger partial charge in [-0.25, -0.2) is 0 Å². The molecule has 1 aliphatic heterocycles. The average Bonchev–Trinajstić information content (AvgIpc) is 2.38. The van der Waals surface area contributed by atoms with Crippen LogP contribution in [-0.2, 0) is 6.42 Å². The summed E-state index contributed by atoms with van der Waals surface area (Å²) >= 11 is 0. The van der Waals surface area contributed by atoms with Crippen LogP contribution in [0.3, 0.4) is 0 Å². The van der Waals surface area contributed by atoms with Gasteiger partial charge in [0.2, 0.25) is 0 Å². The molecular formula is C17H28N2. The lowest BCUT2D eigenvalue weighted by Gasteiger charge is -2.38. The quantitative estimate of drug-likeness (QED) is 0.875. The molecule has 106 valence electrons. The van der Waals surface area contributed by atoms with Crippen molar-refractivity contribution < 1.29 is 0 Å². The van der Waals surface area contributed by atoms with E-state index >= 15 is 0 Å². The second-order valence-corrected chi connectivity index (χ2v) is 5.90. The van der Waals surface area contributed by atoms with E-state index in [0.717, 1.165) is 12.6 Å². The van der Waals surface area contributed by atoms with Gasteiger partial charge in [0, 0.05) is 18.6 Å². The van der Waals surface area contributed by atoms with Crippen molar-refractivity contribution in [3.8, 4) is 0 Å². The third-order valence-electron chi connectivity index (χ3n) is 4.28. The minimum Gasteiger partial charge on any atom is -0.314 e. The second kappa shape index (κ2) is 7.06. The molecule has 2 heteroatoms. The molecule has 1 fully saturated rings. The van der Waals surface area contributed by atoms with Crippen LogP contribution in [0.5, 0.6) is 0 Å². The normalized spacial score (nSPS) is 24.6. The van der Waals surface area contributed by atoms with E-state index in [2.05, 4.69) is 55.3 Å². The van der Waals surface area contributed by atoms with Crippen LogP contribution in [0.15, 0.2) is 24.3 Å². The number of benzene rings is 1. The van der Waals surface area contributed by atoms with Gasteiger partial charge in [-0.15, -0.1) is 0 Å². The van der Waals surface area contributed by atoms with Gasteiger partial charge in [-0.05, 0) is 51.8 Å². The summed E-state index contributed by atoms with van der Waals surface area (Å²) < 4.78 is 0. The molecule has 0 saturated carbocycles. The maximum absolute atomic E-state index is 3.59. The first-order valence-corrected chi connectivity index (χ1v) is 7.72. The van der Waals surface area contributed by atoms with Gasteiger partial charge < -0.3 is 10.2 Å². The van der Waals surface area contributed by atoms with Crippen molar-refractivity contribution >= 4 is 0 Å². The van der Waals surface area contributed by atoms with Crippen LogP contribution in [0.1, 0.15) is 37.8 Å². The van der Waals surface area contributed by atoms with Crippen LogP contribution in [0, 0.1) is 6.92 Å². The molecule has 0 spiro atoms. The first-order chi connectivity index (χ1) is 9.19. The highest BCUT2D eigenvalue weighted by Crippen LogP contribution is 2.18. The Morgan fingerprint density at radius 2 is 2.21 bits per heavy atom. The fourth-order valence-electron chi connectivity index (χ4n) is 3.17. The number of nitrogens with one attached hydrogen (secondary N) is 1. The Kier molecular flexibility index (Phi) is 5.41. The fourth-order valence-corrected chi connectivity index (χ4v) is 3.17. The maximum atomic E-state index is 3.59. The highest BCUT2D eigenvalue weighted by molar-refractivity contribution is 5.22. The molecule has 1 heterocycles. The monoisotopic (exact) mass is 260 g/mol. The largest absolute Gasteiger partial charge is 0.314 e. The van der Waals surface area contributed by atoms with E-state index in [4.69, 9.17) is 0 Å². The molecule has 1 aromatic carbocycles. The lowest BCUT2D eigenvalue weighted by molar-refractivity contribution is 0.138. The summed E-state index contributed by atoms with van der Waals surface area (Å²) in [5.74, 6) is 0. The van der Waals surface area contributed by atoms with Crippen LogP contribution in [0.2, 0.25) is 0 Å². The van der Waals surface area contributed by atoms with Gasteiger partial charge in [0.05, 0.1) is 0 Å². The molecule has 2 rings (SSSR count). The predicted molar refractivity (Wildman–Crippen MR) is 82.6 cm³/mol. The number of likely N-dealkylation sites (tertiary alicyclic amines) is 1. The van der Waals surface area contributed by atoms with Gasteiger partial charge in [0.15, 0.2) is 0 Å². The van der Waals surface area contributed by atoms with Gasteiger partial charge in [-0.1, -0.05) is 36.8 Å². The Morgan fingerprint density at radius 3 is 2.89 bits per heavy atom.